The normalized spacial score (nSPS) is 18.2. The molecule has 11 heteroatoms. The second-order valence-electron chi connectivity index (χ2n) is 9.89. The number of para-hydroxylation sites is 2. The van der Waals surface area contributed by atoms with Crippen LogP contribution in [-0.2, 0) is 6.18 Å². The number of aromatic nitrogens is 3. The molecule has 2 fully saturated rings. The summed E-state index contributed by atoms with van der Waals surface area (Å²) in [5.74, 6) is -0.662. The summed E-state index contributed by atoms with van der Waals surface area (Å²) in [6.45, 7) is 1.40. The van der Waals surface area contributed by atoms with Crippen LogP contribution in [0.15, 0.2) is 48.7 Å². The van der Waals surface area contributed by atoms with E-state index in [9.17, 15) is 26.3 Å². The molecular formula is C26H22F6N4S. The SMILES string of the molecule is Fc1cccc2sc(N3CCC4(CC3)CC(c3c(C(F)F)cnn3-c3ccccc3C(F)(F)F)C4)nc12. The van der Waals surface area contributed by atoms with Crippen molar-refractivity contribution in [2.24, 2.45) is 5.41 Å². The Morgan fingerprint density at radius 1 is 1.00 bits per heavy atom. The number of benzene rings is 2. The molecule has 2 aromatic heterocycles. The highest BCUT2D eigenvalue weighted by Gasteiger charge is 2.49. The predicted molar refractivity (Wildman–Crippen MR) is 129 cm³/mol. The van der Waals surface area contributed by atoms with Crippen molar-refractivity contribution in [2.75, 3.05) is 18.0 Å². The number of halogens is 6. The monoisotopic (exact) mass is 536 g/mol. The fraction of sp³-hybridized carbons (Fsp3) is 0.385. The van der Waals surface area contributed by atoms with Gasteiger partial charge < -0.3 is 4.90 Å². The summed E-state index contributed by atoms with van der Waals surface area (Å²) >= 11 is 1.44. The largest absolute Gasteiger partial charge is 0.418 e. The zero-order valence-electron chi connectivity index (χ0n) is 19.5. The van der Waals surface area contributed by atoms with E-state index in [2.05, 4.69) is 15.0 Å². The van der Waals surface area contributed by atoms with Gasteiger partial charge in [-0.3, -0.25) is 0 Å². The summed E-state index contributed by atoms with van der Waals surface area (Å²) in [4.78, 5) is 6.59. The molecule has 0 N–H and O–H groups in total. The Bertz CT molecular complexity index is 1440. The maximum atomic E-state index is 14.1. The van der Waals surface area contributed by atoms with E-state index >= 15 is 0 Å². The molecule has 1 spiro atoms. The van der Waals surface area contributed by atoms with Crippen molar-refractivity contribution in [3.8, 4) is 5.69 Å². The van der Waals surface area contributed by atoms with E-state index in [-0.39, 0.29) is 34.1 Å². The fourth-order valence-electron chi connectivity index (χ4n) is 5.84. The molecule has 194 valence electrons. The van der Waals surface area contributed by atoms with Crippen LogP contribution in [0.2, 0.25) is 0 Å². The molecule has 2 aliphatic rings. The third-order valence-electron chi connectivity index (χ3n) is 7.71. The van der Waals surface area contributed by atoms with Crippen LogP contribution in [0.1, 0.15) is 54.8 Å². The van der Waals surface area contributed by atoms with Crippen LogP contribution in [0.4, 0.5) is 31.5 Å². The van der Waals surface area contributed by atoms with Crippen molar-refractivity contribution in [1.29, 1.82) is 0 Å². The molecule has 6 rings (SSSR count). The van der Waals surface area contributed by atoms with Gasteiger partial charge in [0.1, 0.15) is 11.3 Å². The van der Waals surface area contributed by atoms with Crippen LogP contribution in [0.25, 0.3) is 15.9 Å². The topological polar surface area (TPSA) is 34.0 Å². The molecule has 0 amide bonds. The molecule has 1 saturated heterocycles. The van der Waals surface area contributed by atoms with Gasteiger partial charge in [-0.2, -0.15) is 18.3 Å². The standard InChI is InChI=1S/C26H22F6N4S/c27-18-5-3-7-20-21(18)34-24(37-20)35-10-8-25(9-11-35)12-15(13-25)22-16(23(28)29)14-33-36(22)19-6-2-1-4-17(19)26(30,31)32/h1-7,14-15,23H,8-13H2. The highest BCUT2D eigenvalue weighted by molar-refractivity contribution is 7.22. The van der Waals surface area contributed by atoms with Crippen molar-refractivity contribution >= 4 is 26.7 Å². The predicted octanol–water partition coefficient (Wildman–Crippen LogP) is 7.74. The molecule has 0 unspecified atom stereocenters. The van der Waals surface area contributed by atoms with E-state index in [1.54, 1.807) is 6.07 Å². The van der Waals surface area contributed by atoms with Crippen LogP contribution in [0.5, 0.6) is 0 Å². The summed E-state index contributed by atoms with van der Waals surface area (Å²) in [5.41, 5.74) is -1.00. The zero-order chi connectivity index (χ0) is 25.9. The quantitative estimate of drug-likeness (QED) is 0.250. The highest BCUT2D eigenvalue weighted by Crippen LogP contribution is 2.58. The van der Waals surface area contributed by atoms with E-state index in [1.807, 2.05) is 6.07 Å². The molecular weight excluding hydrogens is 514 g/mol. The number of hydrogen-bond donors (Lipinski definition) is 0. The lowest BCUT2D eigenvalue weighted by molar-refractivity contribution is -0.137. The van der Waals surface area contributed by atoms with Gasteiger partial charge in [-0.25, -0.2) is 22.8 Å². The number of anilines is 1. The van der Waals surface area contributed by atoms with Gasteiger partial charge >= 0.3 is 6.18 Å². The fourth-order valence-corrected chi connectivity index (χ4v) is 6.87. The van der Waals surface area contributed by atoms with E-state index < -0.39 is 18.2 Å². The number of alkyl halides is 5. The summed E-state index contributed by atoms with van der Waals surface area (Å²) in [6.07, 6.45) is -3.66. The average molecular weight is 537 g/mol. The van der Waals surface area contributed by atoms with Crippen LogP contribution >= 0.6 is 11.3 Å². The van der Waals surface area contributed by atoms with Gasteiger partial charge in [-0.15, -0.1) is 0 Å². The van der Waals surface area contributed by atoms with Gasteiger partial charge in [0.25, 0.3) is 6.43 Å². The van der Waals surface area contributed by atoms with Gasteiger partial charge in [0.2, 0.25) is 0 Å². The van der Waals surface area contributed by atoms with Crippen LogP contribution in [0.3, 0.4) is 0 Å². The third kappa shape index (κ3) is 4.17. The van der Waals surface area contributed by atoms with Gasteiger partial charge in [-0.05, 0) is 55.4 Å². The second kappa shape index (κ2) is 8.75. The summed E-state index contributed by atoms with van der Waals surface area (Å²) in [7, 11) is 0. The van der Waals surface area contributed by atoms with Crippen LogP contribution in [0, 0.1) is 11.2 Å². The number of piperidine rings is 1. The molecule has 1 aliphatic heterocycles. The Hall–Kier alpha value is -3.08. The maximum absolute atomic E-state index is 14.1. The molecule has 0 bridgehead atoms. The van der Waals surface area contributed by atoms with Crippen molar-refractivity contribution in [3.63, 3.8) is 0 Å². The third-order valence-corrected chi connectivity index (χ3v) is 8.79. The first-order chi connectivity index (χ1) is 17.7. The van der Waals surface area contributed by atoms with Gasteiger partial charge in [0.15, 0.2) is 5.13 Å². The molecule has 37 heavy (non-hydrogen) atoms. The molecule has 3 heterocycles. The molecule has 4 nitrogen and oxygen atoms in total. The lowest BCUT2D eigenvalue weighted by atomic mass is 9.56. The Morgan fingerprint density at radius 3 is 2.41 bits per heavy atom. The minimum absolute atomic E-state index is 0.0683. The second-order valence-corrected chi connectivity index (χ2v) is 10.9. The van der Waals surface area contributed by atoms with Gasteiger partial charge in [0.05, 0.1) is 33.4 Å². The minimum Gasteiger partial charge on any atom is -0.348 e. The Morgan fingerprint density at radius 2 is 1.73 bits per heavy atom. The van der Waals surface area contributed by atoms with E-state index in [0.717, 1.165) is 39.6 Å². The maximum Gasteiger partial charge on any atom is 0.418 e. The smallest absolute Gasteiger partial charge is 0.348 e. The molecule has 2 aromatic carbocycles. The zero-order valence-corrected chi connectivity index (χ0v) is 20.3. The van der Waals surface area contributed by atoms with Crippen molar-refractivity contribution in [2.45, 2.75) is 44.2 Å². The number of fused-ring (bicyclic) bond motifs is 1. The van der Waals surface area contributed by atoms with Crippen LogP contribution in [-0.4, -0.2) is 27.9 Å². The van der Waals surface area contributed by atoms with Gasteiger partial charge in [-0.1, -0.05) is 29.5 Å². The molecule has 1 aliphatic carbocycles. The van der Waals surface area contributed by atoms with E-state index in [4.69, 9.17) is 0 Å². The Balaban J connectivity index is 1.22. The summed E-state index contributed by atoms with van der Waals surface area (Å²) < 4.78 is 84.7. The number of thiazole rings is 1. The lowest BCUT2D eigenvalue weighted by Gasteiger charge is -2.52. The summed E-state index contributed by atoms with van der Waals surface area (Å²) in [5, 5.41) is 4.75. The van der Waals surface area contributed by atoms with E-state index in [1.165, 1.54) is 35.6 Å². The molecule has 0 radical (unpaired) electrons. The Kier molecular flexibility index (Phi) is 5.74. The molecule has 1 saturated carbocycles. The lowest BCUT2D eigenvalue weighted by Crippen LogP contribution is -2.47. The van der Waals surface area contributed by atoms with Gasteiger partial charge in [0, 0.05) is 19.0 Å². The van der Waals surface area contributed by atoms with E-state index in [0.29, 0.717) is 31.4 Å². The number of rotatable bonds is 4. The highest BCUT2D eigenvalue weighted by atomic mass is 32.1. The van der Waals surface area contributed by atoms with Crippen molar-refractivity contribution in [1.82, 2.24) is 14.8 Å². The minimum atomic E-state index is -4.64. The first kappa shape index (κ1) is 24.3. The molecule has 4 aromatic rings. The van der Waals surface area contributed by atoms with Crippen molar-refractivity contribution < 1.29 is 26.3 Å². The number of nitrogens with zero attached hydrogens (tertiary/aromatic N) is 4. The first-order valence-electron chi connectivity index (χ1n) is 12.0. The number of hydrogen-bond acceptors (Lipinski definition) is 4. The molecule has 0 atom stereocenters. The van der Waals surface area contributed by atoms with Crippen molar-refractivity contribution in [3.05, 3.63) is 71.3 Å². The van der Waals surface area contributed by atoms with Crippen LogP contribution < -0.4 is 4.90 Å². The first-order valence-corrected chi connectivity index (χ1v) is 12.8. The average Bonchev–Trinajstić information content (AvgIpc) is 3.48. The Labute approximate surface area is 212 Å². The summed E-state index contributed by atoms with van der Waals surface area (Å²) in [6, 6.07) is 9.81.